The number of carbonyl (C=O) groups excluding carboxylic acids is 1. The summed E-state index contributed by atoms with van der Waals surface area (Å²) < 4.78 is 57.2. The number of carbonyl (C=O) groups is 1. The largest absolute Gasteiger partial charge is 0.476 e. The van der Waals surface area contributed by atoms with E-state index in [2.05, 4.69) is 9.47 Å². The van der Waals surface area contributed by atoms with Gasteiger partial charge in [-0.1, -0.05) is 0 Å². The molecule has 9 heteroatoms. The molecule has 5 nitrogen and oxygen atoms in total. The molecule has 0 aliphatic heterocycles. The summed E-state index contributed by atoms with van der Waals surface area (Å²) >= 11 is 0. The molecule has 0 aromatic heterocycles. The SMILES string of the molecule is COC(=O)COc1c(F)cc(S(=O)(=O)Cl)cc1F. The number of hydrogen-bond donors (Lipinski definition) is 0. The second-order valence-corrected chi connectivity index (χ2v) is 5.58. The summed E-state index contributed by atoms with van der Waals surface area (Å²) in [5, 5.41) is 0. The lowest BCUT2D eigenvalue weighted by Gasteiger charge is -2.08. The third-order valence-corrected chi connectivity index (χ3v) is 3.15. The highest BCUT2D eigenvalue weighted by atomic mass is 35.7. The zero-order chi connectivity index (χ0) is 13.9. The summed E-state index contributed by atoms with van der Waals surface area (Å²) in [6.45, 7) is -0.711. The molecule has 0 heterocycles. The van der Waals surface area contributed by atoms with E-state index < -0.39 is 43.9 Å². The van der Waals surface area contributed by atoms with Crippen molar-refractivity contribution in [3.8, 4) is 5.75 Å². The number of rotatable bonds is 4. The third kappa shape index (κ3) is 3.54. The minimum atomic E-state index is -4.26. The van der Waals surface area contributed by atoms with E-state index in [9.17, 15) is 22.0 Å². The zero-order valence-electron chi connectivity index (χ0n) is 8.95. The first-order chi connectivity index (χ1) is 8.25. The molecule has 0 amide bonds. The Kier molecular flexibility index (Phi) is 4.47. The van der Waals surface area contributed by atoms with Crippen LogP contribution >= 0.6 is 10.7 Å². The molecule has 0 aliphatic rings. The Hall–Kier alpha value is -1.41. The minimum absolute atomic E-state index is 0.484. The van der Waals surface area contributed by atoms with Gasteiger partial charge in [-0.25, -0.2) is 22.0 Å². The second-order valence-electron chi connectivity index (χ2n) is 3.02. The van der Waals surface area contributed by atoms with E-state index in [0.29, 0.717) is 12.1 Å². The average Bonchev–Trinajstić information content (AvgIpc) is 2.26. The fourth-order valence-corrected chi connectivity index (χ4v) is 1.76. The standard InChI is InChI=1S/C9H7ClF2O5S/c1-16-8(13)4-17-9-6(11)2-5(3-7(9)12)18(10,14)15/h2-3H,4H2,1H3. The smallest absolute Gasteiger partial charge is 0.343 e. The lowest BCUT2D eigenvalue weighted by atomic mass is 10.3. The van der Waals surface area contributed by atoms with Crippen molar-refractivity contribution in [2.24, 2.45) is 0 Å². The Labute approximate surface area is 106 Å². The maximum Gasteiger partial charge on any atom is 0.343 e. The molecule has 18 heavy (non-hydrogen) atoms. The summed E-state index contributed by atoms with van der Waals surface area (Å²) in [6.07, 6.45) is 0. The van der Waals surface area contributed by atoms with Gasteiger partial charge >= 0.3 is 5.97 Å². The molecule has 1 aromatic rings. The van der Waals surface area contributed by atoms with E-state index in [1.54, 1.807) is 0 Å². The topological polar surface area (TPSA) is 69.7 Å². The highest BCUT2D eigenvalue weighted by Crippen LogP contribution is 2.27. The average molecular weight is 301 g/mol. The van der Waals surface area contributed by atoms with Crippen LogP contribution in [0.1, 0.15) is 0 Å². The summed E-state index contributed by atoms with van der Waals surface area (Å²) in [4.78, 5) is 9.98. The molecule has 1 aromatic carbocycles. The monoisotopic (exact) mass is 300 g/mol. The summed E-state index contributed by atoms with van der Waals surface area (Å²) in [7, 11) is 1.74. The minimum Gasteiger partial charge on any atom is -0.476 e. The van der Waals surface area contributed by atoms with Crippen LogP contribution < -0.4 is 4.74 Å². The predicted octanol–water partition coefficient (Wildman–Crippen LogP) is 1.44. The van der Waals surface area contributed by atoms with Crippen molar-refractivity contribution in [3.63, 3.8) is 0 Å². The van der Waals surface area contributed by atoms with Gasteiger partial charge in [0.25, 0.3) is 9.05 Å². The predicted molar refractivity (Wildman–Crippen MR) is 56.9 cm³/mol. The fourth-order valence-electron chi connectivity index (χ4n) is 1.01. The Morgan fingerprint density at radius 3 is 2.22 bits per heavy atom. The summed E-state index contributed by atoms with van der Waals surface area (Å²) in [5.41, 5.74) is 0. The van der Waals surface area contributed by atoms with Gasteiger partial charge in [0, 0.05) is 10.7 Å². The van der Waals surface area contributed by atoms with Crippen LogP contribution in [-0.2, 0) is 18.6 Å². The Balaban J connectivity index is 3.06. The van der Waals surface area contributed by atoms with Gasteiger partial charge < -0.3 is 9.47 Å². The van der Waals surface area contributed by atoms with Crippen molar-refractivity contribution in [2.45, 2.75) is 4.90 Å². The van der Waals surface area contributed by atoms with Gasteiger partial charge in [-0.15, -0.1) is 0 Å². The normalized spacial score (nSPS) is 11.1. The Morgan fingerprint density at radius 2 is 1.83 bits per heavy atom. The maximum atomic E-state index is 13.4. The van der Waals surface area contributed by atoms with E-state index in [0.717, 1.165) is 7.11 Å². The number of methoxy groups -OCH3 is 1. The van der Waals surface area contributed by atoms with Crippen LogP contribution in [0.4, 0.5) is 8.78 Å². The number of esters is 1. The molecule has 0 aliphatic carbocycles. The molecule has 0 N–H and O–H groups in total. The molecule has 0 bridgehead atoms. The van der Waals surface area contributed by atoms with E-state index in [-0.39, 0.29) is 0 Å². The van der Waals surface area contributed by atoms with Crippen LogP contribution in [0.15, 0.2) is 17.0 Å². The number of ether oxygens (including phenoxy) is 2. The van der Waals surface area contributed by atoms with E-state index >= 15 is 0 Å². The highest BCUT2D eigenvalue weighted by molar-refractivity contribution is 8.13. The molecular weight excluding hydrogens is 294 g/mol. The lowest BCUT2D eigenvalue weighted by Crippen LogP contribution is -2.14. The Morgan fingerprint density at radius 1 is 1.33 bits per heavy atom. The molecule has 0 radical (unpaired) electrons. The van der Waals surface area contributed by atoms with Crippen LogP contribution in [0.25, 0.3) is 0 Å². The van der Waals surface area contributed by atoms with Gasteiger partial charge in [0.1, 0.15) is 0 Å². The van der Waals surface area contributed by atoms with Gasteiger partial charge in [-0.3, -0.25) is 0 Å². The van der Waals surface area contributed by atoms with Gasteiger partial charge in [0.2, 0.25) is 0 Å². The molecule has 1 rings (SSSR count). The molecule has 0 unspecified atom stereocenters. The highest BCUT2D eigenvalue weighted by Gasteiger charge is 2.19. The Bertz CT molecular complexity index is 549. The number of halogens is 3. The lowest BCUT2D eigenvalue weighted by molar-refractivity contribution is -0.143. The third-order valence-electron chi connectivity index (χ3n) is 1.82. The first-order valence-corrected chi connectivity index (χ1v) is 6.70. The van der Waals surface area contributed by atoms with E-state index in [1.165, 1.54) is 0 Å². The molecule has 0 fully saturated rings. The van der Waals surface area contributed by atoms with Gasteiger partial charge in [0.15, 0.2) is 24.0 Å². The van der Waals surface area contributed by atoms with Crippen molar-refractivity contribution in [2.75, 3.05) is 13.7 Å². The first kappa shape index (κ1) is 14.7. The van der Waals surface area contributed by atoms with Crippen molar-refractivity contribution in [1.29, 1.82) is 0 Å². The van der Waals surface area contributed by atoms with Crippen LogP contribution in [0.2, 0.25) is 0 Å². The maximum absolute atomic E-state index is 13.4. The zero-order valence-corrected chi connectivity index (χ0v) is 10.5. The molecule has 0 saturated heterocycles. The fraction of sp³-hybridized carbons (Fsp3) is 0.222. The van der Waals surface area contributed by atoms with Crippen molar-refractivity contribution < 1.29 is 31.5 Å². The van der Waals surface area contributed by atoms with Gasteiger partial charge in [-0.2, -0.15) is 0 Å². The van der Waals surface area contributed by atoms with E-state index in [1.807, 2.05) is 0 Å². The van der Waals surface area contributed by atoms with Crippen LogP contribution in [0, 0.1) is 11.6 Å². The molecule has 0 saturated carbocycles. The van der Waals surface area contributed by atoms with Crippen molar-refractivity contribution in [3.05, 3.63) is 23.8 Å². The molecule has 0 atom stereocenters. The second kappa shape index (κ2) is 5.49. The van der Waals surface area contributed by atoms with Crippen LogP contribution in [0.3, 0.4) is 0 Å². The quantitative estimate of drug-likeness (QED) is 0.622. The summed E-state index contributed by atoms with van der Waals surface area (Å²) in [6, 6.07) is 0.968. The first-order valence-electron chi connectivity index (χ1n) is 4.39. The number of benzene rings is 1. The summed E-state index contributed by atoms with van der Waals surface area (Å²) in [5.74, 6) is -4.32. The number of hydrogen-bond acceptors (Lipinski definition) is 5. The molecule has 0 spiro atoms. The van der Waals surface area contributed by atoms with Crippen LogP contribution in [-0.4, -0.2) is 28.1 Å². The van der Waals surface area contributed by atoms with Crippen LogP contribution in [0.5, 0.6) is 5.75 Å². The van der Waals surface area contributed by atoms with Crippen molar-refractivity contribution >= 4 is 25.7 Å². The van der Waals surface area contributed by atoms with Gasteiger partial charge in [-0.05, 0) is 12.1 Å². The van der Waals surface area contributed by atoms with Crippen molar-refractivity contribution in [1.82, 2.24) is 0 Å². The van der Waals surface area contributed by atoms with Gasteiger partial charge in [0.05, 0.1) is 12.0 Å². The molecule has 100 valence electrons. The van der Waals surface area contributed by atoms with E-state index in [4.69, 9.17) is 10.7 Å². The molecular formula is C9H7ClF2O5S.